The smallest absolute Gasteiger partial charge is 0.292 e. The number of hydrogen-bond donors (Lipinski definition) is 0. The summed E-state index contributed by atoms with van der Waals surface area (Å²) < 4.78 is 10.5. The average molecular weight is 400 g/mol. The Kier molecular flexibility index (Phi) is 5.31. The van der Waals surface area contributed by atoms with E-state index < -0.39 is 0 Å². The van der Waals surface area contributed by atoms with Crippen molar-refractivity contribution in [3.8, 4) is 29.0 Å². The van der Waals surface area contributed by atoms with Gasteiger partial charge in [0, 0.05) is 30.3 Å². The lowest BCUT2D eigenvalue weighted by molar-refractivity contribution is -0.688. The molecule has 0 radical (unpaired) electrons. The van der Waals surface area contributed by atoms with Gasteiger partial charge in [-0.25, -0.2) is 14.2 Å². The average Bonchev–Trinajstić information content (AvgIpc) is 3.15. The maximum absolute atomic E-state index is 12.6. The molecule has 3 aromatic heterocycles. The van der Waals surface area contributed by atoms with E-state index in [-0.39, 0.29) is 5.56 Å². The molecule has 0 saturated heterocycles. The number of aromatic nitrogens is 5. The summed E-state index contributed by atoms with van der Waals surface area (Å²) in [5.74, 6) is 7.48. The maximum atomic E-state index is 12.6. The highest BCUT2D eigenvalue weighted by atomic mass is 16.5. The van der Waals surface area contributed by atoms with Crippen molar-refractivity contribution in [3.05, 3.63) is 70.9 Å². The first-order valence-electron chi connectivity index (χ1n) is 9.55. The van der Waals surface area contributed by atoms with Crippen LogP contribution in [0.3, 0.4) is 0 Å². The van der Waals surface area contributed by atoms with Gasteiger partial charge in [0.25, 0.3) is 5.56 Å². The van der Waals surface area contributed by atoms with Crippen molar-refractivity contribution < 1.29 is 9.30 Å². The summed E-state index contributed by atoms with van der Waals surface area (Å²) in [5.41, 5.74) is 2.99. The molecule has 150 valence electrons. The van der Waals surface area contributed by atoms with E-state index in [1.165, 1.54) is 10.2 Å². The number of pyridine rings is 1. The number of rotatable bonds is 5. The second kappa shape index (κ2) is 8.21. The molecule has 30 heavy (non-hydrogen) atoms. The van der Waals surface area contributed by atoms with Crippen LogP contribution in [0.4, 0.5) is 0 Å². The molecule has 0 atom stereocenters. The predicted molar refractivity (Wildman–Crippen MR) is 114 cm³/mol. The van der Waals surface area contributed by atoms with Gasteiger partial charge in [0.05, 0.1) is 19.9 Å². The third-order valence-corrected chi connectivity index (χ3v) is 4.93. The van der Waals surface area contributed by atoms with Crippen LogP contribution >= 0.6 is 0 Å². The number of methoxy groups -OCH3 is 1. The van der Waals surface area contributed by atoms with Crippen molar-refractivity contribution in [2.24, 2.45) is 7.05 Å². The van der Waals surface area contributed by atoms with Crippen LogP contribution in [-0.4, -0.2) is 26.4 Å². The fraction of sp³-hybridized carbons (Fsp3) is 0.217. The van der Waals surface area contributed by atoms with E-state index in [0.717, 1.165) is 17.9 Å². The van der Waals surface area contributed by atoms with E-state index in [2.05, 4.69) is 26.5 Å². The van der Waals surface area contributed by atoms with Gasteiger partial charge < -0.3 is 9.30 Å². The Labute approximate surface area is 174 Å². The van der Waals surface area contributed by atoms with Gasteiger partial charge in [0.15, 0.2) is 18.9 Å². The summed E-state index contributed by atoms with van der Waals surface area (Å²) in [6.45, 7) is 2.91. The van der Waals surface area contributed by atoms with Crippen LogP contribution in [0.15, 0.2) is 59.8 Å². The number of nitrogens with zero attached hydrogens (tertiary/aromatic N) is 5. The second-order valence-electron chi connectivity index (χ2n) is 6.86. The molecule has 7 heteroatoms. The first-order valence-corrected chi connectivity index (χ1v) is 9.55. The van der Waals surface area contributed by atoms with E-state index in [4.69, 9.17) is 4.74 Å². The predicted octanol–water partition coefficient (Wildman–Crippen LogP) is 2.16. The van der Waals surface area contributed by atoms with E-state index in [0.29, 0.717) is 23.4 Å². The summed E-state index contributed by atoms with van der Waals surface area (Å²) in [6, 6.07) is 12.0. The van der Waals surface area contributed by atoms with Crippen molar-refractivity contribution in [1.29, 1.82) is 0 Å². The molecule has 0 aliphatic carbocycles. The maximum Gasteiger partial charge on any atom is 0.292 e. The van der Waals surface area contributed by atoms with E-state index in [1.54, 1.807) is 27.3 Å². The van der Waals surface area contributed by atoms with Crippen LogP contribution in [0.25, 0.3) is 22.4 Å². The zero-order valence-electron chi connectivity index (χ0n) is 17.2. The molecule has 0 N–H and O–H groups in total. The van der Waals surface area contributed by atoms with Gasteiger partial charge in [0.2, 0.25) is 0 Å². The summed E-state index contributed by atoms with van der Waals surface area (Å²) in [6.07, 6.45) is 5.62. The first kappa shape index (κ1) is 19.4. The Balaban J connectivity index is 1.70. The molecule has 0 fully saturated rings. The van der Waals surface area contributed by atoms with Gasteiger partial charge in [-0.2, -0.15) is 5.10 Å². The summed E-state index contributed by atoms with van der Waals surface area (Å²) in [7, 11) is 3.29. The largest absolute Gasteiger partial charge is 0.497 e. The summed E-state index contributed by atoms with van der Waals surface area (Å²) in [4.78, 5) is 17.3. The van der Waals surface area contributed by atoms with Crippen LogP contribution in [0.1, 0.15) is 12.5 Å². The zero-order chi connectivity index (χ0) is 21.1. The van der Waals surface area contributed by atoms with Crippen LogP contribution in [0.2, 0.25) is 0 Å². The molecule has 0 unspecified atom stereocenters. The normalized spacial score (nSPS) is 10.6. The van der Waals surface area contributed by atoms with Crippen LogP contribution < -0.4 is 14.9 Å². The molecule has 7 nitrogen and oxygen atoms in total. The van der Waals surface area contributed by atoms with E-state index in [9.17, 15) is 4.79 Å². The minimum atomic E-state index is -0.186. The highest BCUT2D eigenvalue weighted by Crippen LogP contribution is 2.22. The number of imidazole rings is 1. The topological polar surface area (TPSA) is 65.8 Å². The van der Waals surface area contributed by atoms with Crippen molar-refractivity contribution in [2.45, 2.75) is 20.0 Å². The summed E-state index contributed by atoms with van der Waals surface area (Å²) >= 11 is 0. The minimum Gasteiger partial charge on any atom is -0.497 e. The number of benzene rings is 1. The molecule has 0 amide bonds. The Bertz CT molecular complexity index is 1310. The molecule has 0 spiro atoms. The third kappa shape index (κ3) is 3.67. The molecule has 1 aromatic carbocycles. The highest BCUT2D eigenvalue weighted by Gasteiger charge is 2.17. The van der Waals surface area contributed by atoms with Crippen LogP contribution in [0.5, 0.6) is 5.75 Å². The Morgan fingerprint density at radius 2 is 1.87 bits per heavy atom. The fourth-order valence-corrected chi connectivity index (χ4v) is 3.32. The quantitative estimate of drug-likeness (QED) is 0.380. The molecule has 0 saturated carbocycles. The van der Waals surface area contributed by atoms with Crippen LogP contribution in [-0.2, 0) is 20.1 Å². The molecular weight excluding hydrogens is 378 g/mol. The molecule has 4 rings (SSSR count). The van der Waals surface area contributed by atoms with Crippen LogP contribution in [0, 0.1) is 11.8 Å². The zero-order valence-corrected chi connectivity index (χ0v) is 17.2. The molecule has 3 heterocycles. The lowest BCUT2D eigenvalue weighted by atomic mass is 10.2. The first-order chi connectivity index (χ1) is 14.6. The molecule has 0 aliphatic heterocycles. The lowest BCUT2D eigenvalue weighted by Gasteiger charge is -2.06. The Morgan fingerprint density at radius 1 is 1.13 bits per heavy atom. The number of ether oxygens (including phenoxy) is 1. The van der Waals surface area contributed by atoms with Crippen molar-refractivity contribution in [3.63, 3.8) is 0 Å². The van der Waals surface area contributed by atoms with E-state index in [1.807, 2.05) is 53.4 Å². The molecule has 0 aliphatic rings. The van der Waals surface area contributed by atoms with Gasteiger partial charge in [-0.1, -0.05) is 5.92 Å². The van der Waals surface area contributed by atoms with E-state index >= 15 is 0 Å². The number of fused-ring (bicyclic) bond motifs is 1. The minimum absolute atomic E-state index is 0.186. The third-order valence-electron chi connectivity index (χ3n) is 4.93. The summed E-state index contributed by atoms with van der Waals surface area (Å²) in [5, 5.41) is 4.09. The van der Waals surface area contributed by atoms with Gasteiger partial charge in [-0.15, -0.1) is 5.92 Å². The van der Waals surface area contributed by atoms with Gasteiger partial charge in [0.1, 0.15) is 22.6 Å². The van der Waals surface area contributed by atoms with Gasteiger partial charge >= 0.3 is 0 Å². The highest BCUT2D eigenvalue weighted by molar-refractivity contribution is 5.79. The number of hydrogen-bond acceptors (Lipinski definition) is 4. The fourth-order valence-electron chi connectivity index (χ4n) is 3.32. The molecular formula is C23H22N5O2+. The molecule has 4 aromatic rings. The molecule has 0 bridgehead atoms. The van der Waals surface area contributed by atoms with Crippen molar-refractivity contribution >= 4 is 11.0 Å². The van der Waals surface area contributed by atoms with Crippen molar-refractivity contribution in [2.75, 3.05) is 7.11 Å². The Hall–Kier alpha value is -3.92. The van der Waals surface area contributed by atoms with Crippen molar-refractivity contribution in [1.82, 2.24) is 19.3 Å². The lowest BCUT2D eigenvalue weighted by Crippen LogP contribution is -2.33. The number of aryl methyl sites for hydroxylation is 1. The standard InChI is InChI=1S/C23H22N5O2/c1-4-5-12-28-21-20(15-24-26(2)23(21)29)25-22(28)18-10-13-27(14-11-18)16-17-6-8-19(30-3)9-7-17/h6-11,13-15H,12,16H2,1-3H3/q+1. The monoisotopic (exact) mass is 400 g/mol. The van der Waals surface area contributed by atoms with Gasteiger partial charge in [-0.05, 0) is 31.2 Å². The second-order valence-corrected chi connectivity index (χ2v) is 6.86. The van der Waals surface area contributed by atoms with Gasteiger partial charge in [-0.3, -0.25) is 4.79 Å². The SMILES string of the molecule is CC#CCn1c(-c2cc[n+](Cc3ccc(OC)cc3)cc2)nc2cnn(C)c(=O)c21. The Morgan fingerprint density at radius 3 is 2.53 bits per heavy atom.